The van der Waals surface area contributed by atoms with Crippen molar-refractivity contribution in [2.45, 2.75) is 26.8 Å². The van der Waals surface area contributed by atoms with Gasteiger partial charge in [-0.25, -0.2) is 0 Å². The number of thiophene rings is 1. The Kier molecular flexibility index (Phi) is 5.83. The molecule has 0 bridgehead atoms. The first-order chi connectivity index (χ1) is 6.84. The average Bonchev–Trinajstić information content (AvgIpc) is 2.58. The Morgan fingerprint density at radius 2 is 1.93 bits per heavy atom. The molecule has 0 aliphatic heterocycles. The SMILES string of the molecule is CCCNCCNCc1cscc1C. The first-order valence-electron chi connectivity index (χ1n) is 5.27. The monoisotopic (exact) mass is 212 g/mol. The summed E-state index contributed by atoms with van der Waals surface area (Å²) in [6.45, 7) is 8.60. The first kappa shape index (κ1) is 11.7. The van der Waals surface area contributed by atoms with Crippen LogP contribution in [0, 0.1) is 6.92 Å². The zero-order valence-corrected chi connectivity index (χ0v) is 9.91. The van der Waals surface area contributed by atoms with Gasteiger partial charge in [-0.05, 0) is 41.8 Å². The minimum atomic E-state index is 1.00. The van der Waals surface area contributed by atoms with E-state index >= 15 is 0 Å². The minimum Gasteiger partial charge on any atom is -0.315 e. The molecule has 2 nitrogen and oxygen atoms in total. The van der Waals surface area contributed by atoms with Crippen molar-refractivity contribution in [1.29, 1.82) is 0 Å². The van der Waals surface area contributed by atoms with Crippen LogP contribution >= 0.6 is 11.3 Å². The van der Waals surface area contributed by atoms with Crippen molar-refractivity contribution in [2.75, 3.05) is 19.6 Å². The molecule has 0 aliphatic carbocycles. The molecule has 2 N–H and O–H groups in total. The van der Waals surface area contributed by atoms with E-state index in [4.69, 9.17) is 0 Å². The lowest BCUT2D eigenvalue weighted by atomic mass is 10.2. The van der Waals surface area contributed by atoms with Crippen molar-refractivity contribution in [2.24, 2.45) is 0 Å². The van der Waals surface area contributed by atoms with E-state index in [1.165, 1.54) is 17.5 Å². The summed E-state index contributed by atoms with van der Waals surface area (Å²) in [4.78, 5) is 0. The average molecular weight is 212 g/mol. The lowest BCUT2D eigenvalue weighted by Gasteiger charge is -2.05. The Morgan fingerprint density at radius 1 is 1.14 bits per heavy atom. The van der Waals surface area contributed by atoms with Crippen molar-refractivity contribution in [3.63, 3.8) is 0 Å². The van der Waals surface area contributed by atoms with E-state index in [2.05, 4.69) is 35.2 Å². The number of nitrogens with one attached hydrogen (secondary N) is 2. The van der Waals surface area contributed by atoms with Crippen LogP contribution in [0.2, 0.25) is 0 Å². The van der Waals surface area contributed by atoms with Crippen molar-refractivity contribution < 1.29 is 0 Å². The van der Waals surface area contributed by atoms with Crippen LogP contribution in [0.25, 0.3) is 0 Å². The summed E-state index contributed by atoms with van der Waals surface area (Å²) in [6, 6.07) is 0. The Bertz CT molecular complexity index is 245. The quantitative estimate of drug-likeness (QED) is 0.677. The molecule has 0 unspecified atom stereocenters. The van der Waals surface area contributed by atoms with E-state index in [0.29, 0.717) is 0 Å². The Hall–Kier alpha value is -0.380. The van der Waals surface area contributed by atoms with Gasteiger partial charge in [0, 0.05) is 19.6 Å². The highest BCUT2D eigenvalue weighted by Gasteiger charge is 1.97. The summed E-state index contributed by atoms with van der Waals surface area (Å²) >= 11 is 1.78. The highest BCUT2D eigenvalue weighted by atomic mass is 32.1. The fraction of sp³-hybridized carbons (Fsp3) is 0.636. The van der Waals surface area contributed by atoms with E-state index < -0.39 is 0 Å². The van der Waals surface area contributed by atoms with Gasteiger partial charge in [0.05, 0.1) is 0 Å². The second kappa shape index (κ2) is 6.98. The molecule has 0 atom stereocenters. The molecule has 0 fully saturated rings. The maximum absolute atomic E-state index is 3.43. The third kappa shape index (κ3) is 4.22. The predicted molar refractivity (Wildman–Crippen MR) is 63.9 cm³/mol. The normalized spacial score (nSPS) is 10.7. The lowest BCUT2D eigenvalue weighted by Crippen LogP contribution is -2.27. The molecule has 0 aliphatic rings. The molecule has 0 saturated carbocycles. The van der Waals surface area contributed by atoms with E-state index in [1.807, 2.05) is 0 Å². The Balaban J connectivity index is 2.02. The summed E-state index contributed by atoms with van der Waals surface area (Å²) < 4.78 is 0. The molecule has 0 amide bonds. The highest BCUT2D eigenvalue weighted by Crippen LogP contribution is 2.12. The van der Waals surface area contributed by atoms with Crippen LogP contribution in [0.15, 0.2) is 10.8 Å². The van der Waals surface area contributed by atoms with E-state index in [1.54, 1.807) is 11.3 Å². The van der Waals surface area contributed by atoms with E-state index in [-0.39, 0.29) is 0 Å². The van der Waals surface area contributed by atoms with Gasteiger partial charge in [0.15, 0.2) is 0 Å². The number of hydrogen-bond acceptors (Lipinski definition) is 3. The molecular formula is C11H20N2S. The van der Waals surface area contributed by atoms with Gasteiger partial charge in [-0.2, -0.15) is 11.3 Å². The van der Waals surface area contributed by atoms with Gasteiger partial charge in [0.1, 0.15) is 0 Å². The highest BCUT2D eigenvalue weighted by molar-refractivity contribution is 7.08. The van der Waals surface area contributed by atoms with Gasteiger partial charge >= 0.3 is 0 Å². The van der Waals surface area contributed by atoms with Gasteiger partial charge in [0.25, 0.3) is 0 Å². The predicted octanol–water partition coefficient (Wildman–Crippen LogP) is 2.15. The molecular weight excluding hydrogens is 192 g/mol. The van der Waals surface area contributed by atoms with Crippen molar-refractivity contribution in [1.82, 2.24) is 10.6 Å². The summed E-state index contributed by atoms with van der Waals surface area (Å²) in [5, 5.41) is 11.2. The molecule has 0 spiro atoms. The largest absolute Gasteiger partial charge is 0.315 e. The van der Waals surface area contributed by atoms with Crippen molar-refractivity contribution in [3.05, 3.63) is 21.9 Å². The Morgan fingerprint density at radius 3 is 2.57 bits per heavy atom. The Labute approximate surface area is 90.7 Å². The topological polar surface area (TPSA) is 24.1 Å². The van der Waals surface area contributed by atoms with E-state index in [0.717, 1.165) is 26.2 Å². The summed E-state index contributed by atoms with van der Waals surface area (Å²) in [5.74, 6) is 0. The van der Waals surface area contributed by atoms with Gasteiger partial charge in [-0.1, -0.05) is 6.92 Å². The van der Waals surface area contributed by atoms with Gasteiger partial charge < -0.3 is 10.6 Å². The molecule has 0 aromatic carbocycles. The van der Waals surface area contributed by atoms with Crippen molar-refractivity contribution >= 4 is 11.3 Å². The van der Waals surface area contributed by atoms with Crippen LogP contribution in [0.1, 0.15) is 24.5 Å². The smallest absolute Gasteiger partial charge is 0.0216 e. The molecule has 14 heavy (non-hydrogen) atoms. The molecule has 1 aromatic heterocycles. The zero-order valence-electron chi connectivity index (χ0n) is 9.10. The fourth-order valence-electron chi connectivity index (χ4n) is 1.27. The molecule has 0 radical (unpaired) electrons. The minimum absolute atomic E-state index is 1.00. The zero-order chi connectivity index (χ0) is 10.2. The van der Waals surface area contributed by atoms with Crippen LogP contribution in [-0.4, -0.2) is 19.6 Å². The third-order valence-electron chi connectivity index (χ3n) is 2.18. The fourth-order valence-corrected chi connectivity index (χ4v) is 2.13. The molecule has 80 valence electrons. The third-order valence-corrected chi connectivity index (χ3v) is 3.09. The van der Waals surface area contributed by atoms with Crippen LogP contribution in [0.4, 0.5) is 0 Å². The lowest BCUT2D eigenvalue weighted by molar-refractivity contribution is 0.606. The second-order valence-corrected chi connectivity index (χ2v) is 4.25. The van der Waals surface area contributed by atoms with Crippen LogP contribution in [-0.2, 0) is 6.54 Å². The van der Waals surface area contributed by atoms with Gasteiger partial charge in [0.2, 0.25) is 0 Å². The summed E-state index contributed by atoms with van der Waals surface area (Å²) in [5.41, 5.74) is 2.84. The molecule has 1 heterocycles. The van der Waals surface area contributed by atoms with E-state index in [9.17, 15) is 0 Å². The number of aryl methyl sites for hydroxylation is 1. The second-order valence-electron chi connectivity index (χ2n) is 3.51. The molecule has 1 rings (SSSR count). The summed E-state index contributed by atoms with van der Waals surface area (Å²) in [7, 11) is 0. The molecule has 3 heteroatoms. The standard InChI is InChI=1S/C11H20N2S/c1-3-4-12-5-6-13-7-11-9-14-8-10(11)2/h8-9,12-13H,3-7H2,1-2H3. The van der Waals surface area contributed by atoms with Gasteiger partial charge in [-0.3, -0.25) is 0 Å². The van der Waals surface area contributed by atoms with Gasteiger partial charge in [-0.15, -0.1) is 0 Å². The number of hydrogen-bond donors (Lipinski definition) is 2. The molecule has 0 saturated heterocycles. The first-order valence-corrected chi connectivity index (χ1v) is 6.22. The van der Waals surface area contributed by atoms with Crippen molar-refractivity contribution in [3.8, 4) is 0 Å². The van der Waals surface area contributed by atoms with Crippen LogP contribution in [0.3, 0.4) is 0 Å². The number of rotatable bonds is 7. The summed E-state index contributed by atoms with van der Waals surface area (Å²) in [6.07, 6.45) is 1.21. The van der Waals surface area contributed by atoms with Crippen LogP contribution < -0.4 is 10.6 Å². The van der Waals surface area contributed by atoms with Crippen LogP contribution in [0.5, 0.6) is 0 Å². The maximum Gasteiger partial charge on any atom is 0.0216 e. The molecule has 1 aromatic rings. The maximum atomic E-state index is 3.43.